The lowest BCUT2D eigenvalue weighted by atomic mass is 10.2. The monoisotopic (exact) mass is 256 g/mol. The van der Waals surface area contributed by atoms with Crippen LogP contribution in [0.3, 0.4) is 0 Å². The molecule has 1 aromatic heterocycles. The van der Waals surface area contributed by atoms with Crippen molar-refractivity contribution in [3.63, 3.8) is 0 Å². The largest absolute Gasteiger partial charge is 0.440 e. The molecule has 0 aliphatic carbocycles. The lowest BCUT2D eigenvalue weighted by molar-refractivity contribution is 0.0914. The summed E-state index contributed by atoms with van der Waals surface area (Å²) in [6.45, 7) is 4.98. The quantitative estimate of drug-likeness (QED) is 0.898. The van der Waals surface area contributed by atoms with E-state index in [4.69, 9.17) is 16.0 Å². The maximum absolute atomic E-state index is 11.7. The summed E-state index contributed by atoms with van der Waals surface area (Å²) in [6, 6.07) is 3.61. The third-order valence-electron chi connectivity index (χ3n) is 3.20. The van der Waals surface area contributed by atoms with E-state index in [1.807, 2.05) is 0 Å². The van der Waals surface area contributed by atoms with Gasteiger partial charge in [-0.25, -0.2) is 0 Å². The average Bonchev–Trinajstić information content (AvgIpc) is 2.94. The number of hydrogen-bond donors (Lipinski definition) is 1. The maximum Gasteiger partial charge on any atom is 0.287 e. The van der Waals surface area contributed by atoms with Crippen molar-refractivity contribution in [2.24, 2.45) is 0 Å². The van der Waals surface area contributed by atoms with Crippen LogP contribution in [0, 0.1) is 0 Å². The van der Waals surface area contributed by atoms with E-state index < -0.39 is 0 Å². The van der Waals surface area contributed by atoms with Crippen LogP contribution in [0.25, 0.3) is 0 Å². The van der Waals surface area contributed by atoms with Crippen LogP contribution in [0.2, 0.25) is 5.22 Å². The van der Waals surface area contributed by atoms with Crippen molar-refractivity contribution in [2.75, 3.05) is 19.6 Å². The number of likely N-dealkylation sites (tertiary alicyclic amines) is 1. The molecule has 2 rings (SSSR count). The molecule has 1 aliphatic rings. The average molecular weight is 257 g/mol. The minimum atomic E-state index is -0.195. The van der Waals surface area contributed by atoms with Gasteiger partial charge in [0.1, 0.15) is 0 Å². The van der Waals surface area contributed by atoms with Crippen LogP contribution in [-0.4, -0.2) is 36.5 Å². The zero-order chi connectivity index (χ0) is 12.3. The summed E-state index contributed by atoms with van der Waals surface area (Å²) in [4.78, 5) is 14.1. The van der Waals surface area contributed by atoms with E-state index in [2.05, 4.69) is 17.1 Å². The second kappa shape index (κ2) is 5.56. The molecule has 94 valence electrons. The third-order valence-corrected chi connectivity index (χ3v) is 3.40. The Labute approximate surface area is 106 Å². The van der Waals surface area contributed by atoms with Crippen molar-refractivity contribution >= 4 is 17.5 Å². The fourth-order valence-electron chi connectivity index (χ4n) is 2.28. The highest BCUT2D eigenvalue weighted by atomic mass is 35.5. The van der Waals surface area contributed by atoms with Crippen LogP contribution in [0.4, 0.5) is 0 Å². The summed E-state index contributed by atoms with van der Waals surface area (Å²) < 4.78 is 5.05. The summed E-state index contributed by atoms with van der Waals surface area (Å²) in [5, 5.41) is 3.13. The minimum Gasteiger partial charge on any atom is -0.440 e. The lowest BCUT2D eigenvalue weighted by Gasteiger charge is -2.22. The third kappa shape index (κ3) is 3.01. The predicted molar refractivity (Wildman–Crippen MR) is 66.3 cm³/mol. The fourth-order valence-corrected chi connectivity index (χ4v) is 2.42. The van der Waals surface area contributed by atoms with Gasteiger partial charge in [-0.2, -0.15) is 0 Å². The number of nitrogens with zero attached hydrogens (tertiary/aromatic N) is 1. The molecule has 1 saturated heterocycles. The summed E-state index contributed by atoms with van der Waals surface area (Å²) in [7, 11) is 0. The van der Waals surface area contributed by atoms with Gasteiger partial charge in [-0.05, 0) is 49.7 Å². The zero-order valence-electron chi connectivity index (χ0n) is 9.91. The van der Waals surface area contributed by atoms with Gasteiger partial charge in [-0.1, -0.05) is 6.92 Å². The molecule has 1 atom stereocenters. The molecule has 0 radical (unpaired) electrons. The normalized spacial score (nSPS) is 20.7. The molecule has 5 heteroatoms. The zero-order valence-corrected chi connectivity index (χ0v) is 10.7. The molecule has 0 aromatic carbocycles. The van der Waals surface area contributed by atoms with E-state index in [1.54, 1.807) is 12.1 Å². The second-order valence-electron chi connectivity index (χ2n) is 4.24. The van der Waals surface area contributed by atoms with E-state index in [9.17, 15) is 4.79 Å². The number of rotatable bonds is 4. The van der Waals surface area contributed by atoms with E-state index >= 15 is 0 Å². The Balaban J connectivity index is 1.84. The highest BCUT2D eigenvalue weighted by Gasteiger charge is 2.23. The molecular formula is C12H17ClN2O2. The van der Waals surface area contributed by atoms with Gasteiger partial charge in [0, 0.05) is 12.6 Å². The maximum atomic E-state index is 11.7. The number of furan rings is 1. The molecule has 1 amide bonds. The van der Waals surface area contributed by atoms with E-state index in [0.717, 1.165) is 19.5 Å². The van der Waals surface area contributed by atoms with Crippen LogP contribution < -0.4 is 5.32 Å². The van der Waals surface area contributed by atoms with Gasteiger partial charge in [-0.3, -0.25) is 9.69 Å². The van der Waals surface area contributed by atoms with Crippen molar-refractivity contribution in [2.45, 2.75) is 25.8 Å². The van der Waals surface area contributed by atoms with Crippen LogP contribution in [0.1, 0.15) is 30.3 Å². The predicted octanol–water partition coefficient (Wildman–Crippen LogP) is 2.15. The van der Waals surface area contributed by atoms with Gasteiger partial charge in [-0.15, -0.1) is 0 Å². The number of carbonyl (C=O) groups is 1. The van der Waals surface area contributed by atoms with Gasteiger partial charge in [0.2, 0.25) is 0 Å². The van der Waals surface area contributed by atoms with Crippen LogP contribution in [-0.2, 0) is 0 Å². The topological polar surface area (TPSA) is 45.5 Å². The van der Waals surface area contributed by atoms with Crippen LogP contribution >= 0.6 is 11.6 Å². The first-order valence-electron chi connectivity index (χ1n) is 5.98. The van der Waals surface area contributed by atoms with Crippen molar-refractivity contribution in [1.29, 1.82) is 0 Å². The van der Waals surface area contributed by atoms with Crippen molar-refractivity contribution in [3.8, 4) is 0 Å². The standard InChI is InChI=1S/C12H17ClN2O2/c1-2-15-7-3-4-9(15)8-14-12(16)10-5-6-11(13)17-10/h5-6,9H,2-4,7-8H2,1H3,(H,14,16). The number of carbonyl (C=O) groups excluding carboxylic acids is 1. The SMILES string of the molecule is CCN1CCCC1CNC(=O)c1ccc(Cl)o1. The van der Waals surface area contributed by atoms with Crippen LogP contribution in [0.15, 0.2) is 16.5 Å². The molecule has 1 aromatic rings. The Bertz CT molecular complexity index is 392. The van der Waals surface area contributed by atoms with Crippen molar-refractivity contribution < 1.29 is 9.21 Å². The fraction of sp³-hybridized carbons (Fsp3) is 0.583. The van der Waals surface area contributed by atoms with Gasteiger partial charge in [0.15, 0.2) is 11.0 Å². The molecule has 1 fully saturated rings. The number of halogens is 1. The van der Waals surface area contributed by atoms with Crippen LogP contribution in [0.5, 0.6) is 0 Å². The number of likely N-dealkylation sites (N-methyl/N-ethyl adjacent to an activating group) is 1. The van der Waals surface area contributed by atoms with E-state index in [-0.39, 0.29) is 16.9 Å². The summed E-state index contributed by atoms with van der Waals surface area (Å²) in [6.07, 6.45) is 2.36. The molecule has 0 saturated carbocycles. The highest BCUT2D eigenvalue weighted by Crippen LogP contribution is 2.16. The molecule has 2 heterocycles. The summed E-state index contributed by atoms with van der Waals surface area (Å²) in [5.41, 5.74) is 0. The number of nitrogens with one attached hydrogen (secondary N) is 1. The van der Waals surface area contributed by atoms with E-state index in [0.29, 0.717) is 12.6 Å². The number of hydrogen-bond acceptors (Lipinski definition) is 3. The summed E-state index contributed by atoms with van der Waals surface area (Å²) >= 11 is 5.62. The van der Waals surface area contributed by atoms with Gasteiger partial charge in [0.05, 0.1) is 0 Å². The van der Waals surface area contributed by atoms with Gasteiger partial charge < -0.3 is 9.73 Å². The van der Waals surface area contributed by atoms with Gasteiger partial charge >= 0.3 is 0 Å². The smallest absolute Gasteiger partial charge is 0.287 e. The highest BCUT2D eigenvalue weighted by molar-refractivity contribution is 6.29. The molecule has 4 nitrogen and oxygen atoms in total. The molecule has 1 unspecified atom stereocenters. The van der Waals surface area contributed by atoms with Crippen molar-refractivity contribution in [3.05, 3.63) is 23.1 Å². The molecule has 0 bridgehead atoms. The second-order valence-corrected chi connectivity index (χ2v) is 4.61. The Morgan fingerprint density at radius 2 is 2.47 bits per heavy atom. The summed E-state index contributed by atoms with van der Waals surface area (Å²) in [5.74, 6) is 0.0795. The van der Waals surface area contributed by atoms with Crippen molar-refractivity contribution in [1.82, 2.24) is 10.2 Å². The first-order valence-corrected chi connectivity index (χ1v) is 6.36. The Morgan fingerprint density at radius 1 is 1.65 bits per heavy atom. The molecule has 1 N–H and O–H groups in total. The lowest BCUT2D eigenvalue weighted by Crippen LogP contribution is -2.39. The minimum absolute atomic E-state index is 0.195. The molecule has 1 aliphatic heterocycles. The molecular weight excluding hydrogens is 240 g/mol. The Kier molecular flexibility index (Phi) is 4.07. The Hall–Kier alpha value is -1.00. The van der Waals surface area contributed by atoms with Gasteiger partial charge in [0.25, 0.3) is 5.91 Å². The first-order chi connectivity index (χ1) is 8.20. The molecule has 0 spiro atoms. The molecule has 17 heavy (non-hydrogen) atoms. The number of amides is 1. The Morgan fingerprint density at radius 3 is 3.12 bits per heavy atom. The first kappa shape index (κ1) is 12.5. The van der Waals surface area contributed by atoms with E-state index in [1.165, 1.54) is 6.42 Å².